The normalized spacial score (nSPS) is 13.5. The smallest absolute Gasteiger partial charge is 0.349 e. The van der Waals surface area contributed by atoms with E-state index in [0.717, 1.165) is 24.1 Å². The Morgan fingerprint density at radius 2 is 2.04 bits per heavy atom. The molecule has 1 aromatic heterocycles. The largest absolute Gasteiger partial charge is 0.494 e. The average Bonchev–Trinajstić information content (AvgIpc) is 2.66. The first-order chi connectivity index (χ1) is 12.7. The lowest BCUT2D eigenvalue weighted by Gasteiger charge is -2.29. The van der Waals surface area contributed by atoms with E-state index in [2.05, 4.69) is 0 Å². The highest BCUT2D eigenvalue weighted by atomic mass is 16.5. The molecule has 0 fully saturated rings. The standard InChI is InChI=1S/C21H19NO4/c1-2-25-16-10-9-15-12-17(21(24)26-19(15)13-16)20(23)22-11-5-7-14-6-3-4-8-18(14)22/h3-4,6,8-10,12-13H,2,5,7,11H2,1H3. The molecule has 0 radical (unpaired) electrons. The van der Waals surface area contributed by atoms with Crippen molar-refractivity contribution in [2.45, 2.75) is 19.8 Å². The van der Waals surface area contributed by atoms with Gasteiger partial charge in [0.25, 0.3) is 5.91 Å². The first kappa shape index (κ1) is 16.4. The maximum atomic E-state index is 13.0. The van der Waals surface area contributed by atoms with Gasteiger partial charge in [0.15, 0.2) is 0 Å². The van der Waals surface area contributed by atoms with E-state index in [1.165, 1.54) is 0 Å². The summed E-state index contributed by atoms with van der Waals surface area (Å²) in [5.41, 5.74) is 1.84. The van der Waals surface area contributed by atoms with Crippen LogP contribution >= 0.6 is 0 Å². The Labute approximate surface area is 150 Å². The Morgan fingerprint density at radius 1 is 1.19 bits per heavy atom. The summed E-state index contributed by atoms with van der Waals surface area (Å²) in [5.74, 6) is 0.314. The summed E-state index contributed by atoms with van der Waals surface area (Å²) in [7, 11) is 0. The second-order valence-electron chi connectivity index (χ2n) is 6.27. The topological polar surface area (TPSA) is 59.8 Å². The van der Waals surface area contributed by atoms with Crippen LogP contribution in [0, 0.1) is 0 Å². The predicted molar refractivity (Wildman–Crippen MR) is 100 cm³/mol. The summed E-state index contributed by atoms with van der Waals surface area (Å²) in [6, 6.07) is 14.7. The van der Waals surface area contributed by atoms with Gasteiger partial charge in [-0.2, -0.15) is 0 Å². The van der Waals surface area contributed by atoms with Crippen molar-refractivity contribution >= 4 is 22.6 Å². The monoisotopic (exact) mass is 349 g/mol. The minimum absolute atomic E-state index is 0.0540. The van der Waals surface area contributed by atoms with Crippen LogP contribution in [0.4, 0.5) is 5.69 Å². The number of rotatable bonds is 3. The number of hydrogen-bond acceptors (Lipinski definition) is 4. The Hall–Kier alpha value is -3.08. The third-order valence-corrected chi connectivity index (χ3v) is 4.60. The maximum absolute atomic E-state index is 13.0. The second-order valence-corrected chi connectivity index (χ2v) is 6.27. The fourth-order valence-electron chi connectivity index (χ4n) is 3.39. The van der Waals surface area contributed by atoms with Crippen LogP contribution in [0.2, 0.25) is 0 Å². The van der Waals surface area contributed by atoms with E-state index in [0.29, 0.717) is 29.9 Å². The van der Waals surface area contributed by atoms with Crippen molar-refractivity contribution < 1.29 is 13.9 Å². The fraction of sp³-hybridized carbons (Fsp3) is 0.238. The first-order valence-electron chi connectivity index (χ1n) is 8.78. The van der Waals surface area contributed by atoms with Crippen molar-refractivity contribution in [2.24, 2.45) is 0 Å². The molecule has 1 aliphatic rings. The summed E-state index contributed by atoms with van der Waals surface area (Å²) < 4.78 is 10.8. The van der Waals surface area contributed by atoms with Gasteiger partial charge in [-0.25, -0.2) is 4.79 Å². The lowest BCUT2D eigenvalue weighted by atomic mass is 10.0. The molecule has 26 heavy (non-hydrogen) atoms. The number of carbonyl (C=O) groups is 1. The molecule has 0 spiro atoms. The van der Waals surface area contributed by atoms with Crippen molar-refractivity contribution in [3.8, 4) is 5.75 Å². The van der Waals surface area contributed by atoms with Gasteiger partial charge in [0.1, 0.15) is 16.9 Å². The Kier molecular flexibility index (Phi) is 4.21. The second kappa shape index (κ2) is 6.67. The van der Waals surface area contributed by atoms with Crippen LogP contribution in [0.5, 0.6) is 5.75 Å². The van der Waals surface area contributed by atoms with Gasteiger partial charge in [0, 0.05) is 23.7 Å². The average molecular weight is 349 g/mol. The van der Waals surface area contributed by atoms with Crippen LogP contribution in [0.1, 0.15) is 29.3 Å². The lowest BCUT2D eigenvalue weighted by Crippen LogP contribution is -2.37. The number of nitrogens with zero attached hydrogens (tertiary/aromatic N) is 1. The molecule has 0 bridgehead atoms. The molecule has 0 N–H and O–H groups in total. The van der Waals surface area contributed by atoms with E-state index in [-0.39, 0.29) is 11.5 Å². The molecule has 0 saturated carbocycles. The summed E-state index contributed by atoms with van der Waals surface area (Å²) in [4.78, 5) is 27.2. The van der Waals surface area contributed by atoms with E-state index in [1.807, 2.05) is 31.2 Å². The molecule has 0 unspecified atom stereocenters. The molecule has 3 aromatic rings. The third-order valence-electron chi connectivity index (χ3n) is 4.60. The number of benzene rings is 2. The summed E-state index contributed by atoms with van der Waals surface area (Å²) in [6.07, 6.45) is 1.81. The van der Waals surface area contributed by atoms with E-state index in [1.54, 1.807) is 29.2 Å². The zero-order chi connectivity index (χ0) is 18.1. The highest BCUT2D eigenvalue weighted by Crippen LogP contribution is 2.28. The molecule has 0 atom stereocenters. The van der Waals surface area contributed by atoms with Gasteiger partial charge in [-0.3, -0.25) is 4.79 Å². The SMILES string of the molecule is CCOc1ccc2cc(C(=O)N3CCCc4ccccc43)c(=O)oc2c1. The van der Waals surface area contributed by atoms with E-state index >= 15 is 0 Å². The molecule has 2 heterocycles. The predicted octanol–water partition coefficient (Wildman–Crippen LogP) is 3.78. The zero-order valence-electron chi connectivity index (χ0n) is 14.5. The van der Waals surface area contributed by atoms with Crippen LogP contribution in [0.3, 0.4) is 0 Å². The van der Waals surface area contributed by atoms with E-state index in [9.17, 15) is 9.59 Å². The summed E-state index contributed by atoms with van der Waals surface area (Å²) in [5, 5.41) is 0.696. The van der Waals surface area contributed by atoms with Crippen LogP contribution < -0.4 is 15.3 Å². The minimum atomic E-state index is -0.626. The molecule has 5 nitrogen and oxygen atoms in total. The Balaban J connectivity index is 1.75. The van der Waals surface area contributed by atoms with Crippen molar-refractivity contribution in [3.05, 3.63) is 70.1 Å². The molecule has 4 rings (SSSR count). The lowest BCUT2D eigenvalue weighted by molar-refractivity contribution is 0.0981. The van der Waals surface area contributed by atoms with Gasteiger partial charge in [-0.05, 0) is 49.6 Å². The molecular formula is C21H19NO4. The van der Waals surface area contributed by atoms with Crippen molar-refractivity contribution in [3.63, 3.8) is 0 Å². The van der Waals surface area contributed by atoms with Crippen molar-refractivity contribution in [1.82, 2.24) is 0 Å². The van der Waals surface area contributed by atoms with Gasteiger partial charge in [0.05, 0.1) is 6.61 Å². The molecule has 0 aliphatic carbocycles. The van der Waals surface area contributed by atoms with Gasteiger partial charge in [-0.15, -0.1) is 0 Å². The first-order valence-corrected chi connectivity index (χ1v) is 8.78. The van der Waals surface area contributed by atoms with Crippen LogP contribution in [-0.4, -0.2) is 19.1 Å². The number of aryl methyl sites for hydroxylation is 1. The van der Waals surface area contributed by atoms with Gasteiger partial charge < -0.3 is 14.1 Å². The van der Waals surface area contributed by atoms with Crippen LogP contribution in [0.15, 0.2) is 57.7 Å². The highest BCUT2D eigenvalue weighted by Gasteiger charge is 2.26. The molecule has 2 aromatic carbocycles. The van der Waals surface area contributed by atoms with Crippen molar-refractivity contribution in [1.29, 1.82) is 0 Å². The number of hydrogen-bond donors (Lipinski definition) is 0. The number of para-hydroxylation sites is 1. The number of carbonyl (C=O) groups excluding carboxylic acids is 1. The number of ether oxygens (including phenoxy) is 1. The number of amides is 1. The molecule has 1 amide bonds. The maximum Gasteiger partial charge on any atom is 0.349 e. The van der Waals surface area contributed by atoms with E-state index < -0.39 is 5.63 Å². The minimum Gasteiger partial charge on any atom is -0.494 e. The zero-order valence-corrected chi connectivity index (χ0v) is 14.5. The van der Waals surface area contributed by atoms with Crippen LogP contribution in [0.25, 0.3) is 11.0 Å². The van der Waals surface area contributed by atoms with Crippen LogP contribution in [-0.2, 0) is 6.42 Å². The molecule has 0 saturated heterocycles. The van der Waals surface area contributed by atoms with Gasteiger partial charge >= 0.3 is 5.63 Å². The summed E-state index contributed by atoms with van der Waals surface area (Å²) in [6.45, 7) is 3.01. The highest BCUT2D eigenvalue weighted by molar-refractivity contribution is 6.07. The van der Waals surface area contributed by atoms with Gasteiger partial charge in [-0.1, -0.05) is 18.2 Å². The summed E-state index contributed by atoms with van der Waals surface area (Å²) >= 11 is 0. The molecule has 1 aliphatic heterocycles. The molecular weight excluding hydrogens is 330 g/mol. The molecule has 5 heteroatoms. The van der Waals surface area contributed by atoms with E-state index in [4.69, 9.17) is 9.15 Å². The van der Waals surface area contributed by atoms with Crippen molar-refractivity contribution in [2.75, 3.05) is 18.1 Å². The van der Waals surface area contributed by atoms with Gasteiger partial charge in [0.2, 0.25) is 0 Å². The number of anilines is 1. The molecule has 132 valence electrons. The third kappa shape index (κ3) is 2.86. The Bertz CT molecular complexity index is 1040. The number of fused-ring (bicyclic) bond motifs is 2. The quantitative estimate of drug-likeness (QED) is 0.675. The Morgan fingerprint density at radius 3 is 2.88 bits per heavy atom. The fourth-order valence-corrected chi connectivity index (χ4v) is 3.39.